The molecule has 0 aliphatic carbocycles. The second-order valence-corrected chi connectivity index (χ2v) is 5.18. The molecule has 126 valence electrons. The Morgan fingerprint density at radius 1 is 0.913 bits per heavy atom. The second kappa shape index (κ2) is 14.7. The van der Waals surface area contributed by atoms with Crippen LogP contribution in [0.1, 0.15) is 32.6 Å². The Kier molecular flexibility index (Phi) is 13.3. The number of hydrogen-bond donors (Lipinski definition) is 2. The van der Waals surface area contributed by atoms with Gasteiger partial charge in [0.15, 0.2) is 0 Å². The fourth-order valence-electron chi connectivity index (χ4n) is 2.05. The van der Waals surface area contributed by atoms with Gasteiger partial charge in [-0.2, -0.15) is 0 Å². The summed E-state index contributed by atoms with van der Waals surface area (Å²) >= 11 is 0. The normalized spacial score (nSPS) is 12.0. The Labute approximate surface area is 142 Å². The van der Waals surface area contributed by atoms with Gasteiger partial charge in [0.25, 0.3) is 0 Å². The molecule has 0 rings (SSSR count). The number of allylic oxidation sites excluding steroid dienone is 9. The van der Waals surface area contributed by atoms with Crippen molar-refractivity contribution in [3.8, 4) is 0 Å². The summed E-state index contributed by atoms with van der Waals surface area (Å²) in [7, 11) is 0. The maximum atomic E-state index is 4.00. The van der Waals surface area contributed by atoms with Gasteiger partial charge in [-0.1, -0.05) is 74.4 Å². The Morgan fingerprint density at radius 3 is 2.00 bits per heavy atom. The van der Waals surface area contributed by atoms with Crippen molar-refractivity contribution in [2.24, 2.45) is 0 Å². The monoisotopic (exact) mass is 312 g/mol. The maximum absolute atomic E-state index is 4.00. The Balaban J connectivity index is 3.78. The highest BCUT2D eigenvalue weighted by molar-refractivity contribution is 5.21. The number of nitrogens with one attached hydrogen (secondary N) is 2. The van der Waals surface area contributed by atoms with E-state index in [4.69, 9.17) is 0 Å². The average molecular weight is 313 g/mol. The standard InChI is InChI=1S/C21H32N2/c1-6-10-14-21(9-4)16-12-18-23-19(5)22-17-11-15-20(8-3)13-7-2/h6-10,13-14,22-23H,1-3,5,11-12,15-18H2,4H3/b14-10-,20-13+,21-9+. The molecule has 0 spiro atoms. The van der Waals surface area contributed by atoms with Crippen molar-refractivity contribution in [1.82, 2.24) is 10.6 Å². The molecule has 0 atom stereocenters. The number of hydrogen-bond acceptors (Lipinski definition) is 2. The van der Waals surface area contributed by atoms with Gasteiger partial charge in [0.2, 0.25) is 0 Å². The molecule has 0 amide bonds. The van der Waals surface area contributed by atoms with Crippen molar-refractivity contribution in [3.05, 3.63) is 85.8 Å². The lowest BCUT2D eigenvalue weighted by Gasteiger charge is -2.12. The molecule has 2 heteroatoms. The molecule has 0 aliphatic heterocycles. The molecule has 0 unspecified atom stereocenters. The predicted molar refractivity (Wildman–Crippen MR) is 105 cm³/mol. The Hall–Kier alpha value is -2.22. The quantitative estimate of drug-likeness (QED) is 0.341. The summed E-state index contributed by atoms with van der Waals surface area (Å²) in [5, 5.41) is 6.62. The van der Waals surface area contributed by atoms with Crippen LogP contribution in [-0.4, -0.2) is 13.1 Å². The topological polar surface area (TPSA) is 24.1 Å². The van der Waals surface area contributed by atoms with E-state index in [2.05, 4.69) is 56.0 Å². The van der Waals surface area contributed by atoms with Crippen LogP contribution in [0, 0.1) is 0 Å². The molecule has 0 aromatic heterocycles. The maximum Gasteiger partial charge on any atom is 0.0912 e. The van der Waals surface area contributed by atoms with Crippen LogP contribution in [0.15, 0.2) is 85.8 Å². The summed E-state index contributed by atoms with van der Waals surface area (Å²) in [5.74, 6) is 0.890. The molecule has 2 N–H and O–H groups in total. The third kappa shape index (κ3) is 12.0. The first-order chi connectivity index (χ1) is 11.2. The van der Waals surface area contributed by atoms with E-state index in [1.807, 2.05) is 18.2 Å². The van der Waals surface area contributed by atoms with E-state index in [0.717, 1.165) is 44.6 Å². The van der Waals surface area contributed by atoms with Gasteiger partial charge < -0.3 is 10.6 Å². The zero-order valence-corrected chi connectivity index (χ0v) is 14.6. The highest BCUT2D eigenvalue weighted by Crippen LogP contribution is 2.07. The second-order valence-electron chi connectivity index (χ2n) is 5.18. The summed E-state index contributed by atoms with van der Waals surface area (Å²) in [5.41, 5.74) is 2.54. The van der Waals surface area contributed by atoms with E-state index in [9.17, 15) is 0 Å². The molecule has 23 heavy (non-hydrogen) atoms. The Bertz CT molecular complexity index is 464. The van der Waals surface area contributed by atoms with Crippen LogP contribution in [0.4, 0.5) is 0 Å². The van der Waals surface area contributed by atoms with E-state index in [-0.39, 0.29) is 0 Å². The van der Waals surface area contributed by atoms with Crippen LogP contribution in [0.25, 0.3) is 0 Å². The summed E-state index contributed by atoms with van der Waals surface area (Å²) in [6.45, 7) is 19.1. The third-order valence-electron chi connectivity index (χ3n) is 3.37. The highest BCUT2D eigenvalue weighted by Gasteiger charge is 1.96. The SMILES string of the molecule is C=C/C=C\C(=C/C)CCCNC(=C)NCCC/C(C=C)=C/C=C. The summed E-state index contributed by atoms with van der Waals surface area (Å²) in [6.07, 6.45) is 17.9. The van der Waals surface area contributed by atoms with E-state index in [0.29, 0.717) is 0 Å². The van der Waals surface area contributed by atoms with E-state index in [1.54, 1.807) is 12.2 Å². The highest BCUT2D eigenvalue weighted by atomic mass is 15.1. The molecule has 0 fully saturated rings. The van der Waals surface area contributed by atoms with Gasteiger partial charge in [-0.15, -0.1) is 0 Å². The lowest BCUT2D eigenvalue weighted by Crippen LogP contribution is -2.27. The summed E-state index contributed by atoms with van der Waals surface area (Å²) < 4.78 is 0. The molecule has 0 saturated carbocycles. The molecule has 0 aromatic carbocycles. The van der Waals surface area contributed by atoms with Gasteiger partial charge in [0, 0.05) is 13.1 Å². The van der Waals surface area contributed by atoms with Crippen molar-refractivity contribution in [1.29, 1.82) is 0 Å². The largest absolute Gasteiger partial charge is 0.372 e. The molecule has 0 aliphatic rings. The van der Waals surface area contributed by atoms with Gasteiger partial charge in [-0.05, 0) is 38.2 Å². The molecule has 0 saturated heterocycles. The number of rotatable bonds is 14. The van der Waals surface area contributed by atoms with Crippen molar-refractivity contribution in [2.45, 2.75) is 32.6 Å². The van der Waals surface area contributed by atoms with Crippen LogP contribution in [0.2, 0.25) is 0 Å². The van der Waals surface area contributed by atoms with Crippen molar-refractivity contribution in [2.75, 3.05) is 13.1 Å². The summed E-state index contributed by atoms with van der Waals surface area (Å²) in [6, 6.07) is 0. The molecule has 0 bridgehead atoms. The van der Waals surface area contributed by atoms with Gasteiger partial charge in [0.1, 0.15) is 0 Å². The van der Waals surface area contributed by atoms with Crippen LogP contribution < -0.4 is 10.6 Å². The summed E-state index contributed by atoms with van der Waals surface area (Å²) in [4.78, 5) is 0. The first-order valence-corrected chi connectivity index (χ1v) is 8.22. The van der Waals surface area contributed by atoms with E-state index in [1.165, 1.54) is 11.1 Å². The van der Waals surface area contributed by atoms with Crippen LogP contribution in [0.5, 0.6) is 0 Å². The molecule has 0 radical (unpaired) electrons. The first-order valence-electron chi connectivity index (χ1n) is 8.22. The van der Waals surface area contributed by atoms with Gasteiger partial charge in [-0.3, -0.25) is 0 Å². The van der Waals surface area contributed by atoms with Crippen LogP contribution in [-0.2, 0) is 0 Å². The minimum Gasteiger partial charge on any atom is -0.372 e. The van der Waals surface area contributed by atoms with E-state index < -0.39 is 0 Å². The van der Waals surface area contributed by atoms with Crippen molar-refractivity contribution < 1.29 is 0 Å². The zero-order chi connectivity index (χ0) is 17.3. The third-order valence-corrected chi connectivity index (χ3v) is 3.37. The van der Waals surface area contributed by atoms with Gasteiger partial charge >= 0.3 is 0 Å². The molecule has 0 aromatic rings. The van der Waals surface area contributed by atoms with Crippen molar-refractivity contribution in [3.63, 3.8) is 0 Å². The Morgan fingerprint density at radius 2 is 1.52 bits per heavy atom. The zero-order valence-electron chi connectivity index (χ0n) is 14.6. The van der Waals surface area contributed by atoms with Crippen molar-refractivity contribution >= 4 is 0 Å². The van der Waals surface area contributed by atoms with Crippen LogP contribution in [0.3, 0.4) is 0 Å². The molecular formula is C21H32N2. The van der Waals surface area contributed by atoms with Crippen LogP contribution >= 0.6 is 0 Å². The minimum atomic E-state index is 0.890. The lowest BCUT2D eigenvalue weighted by atomic mass is 10.1. The predicted octanol–water partition coefficient (Wildman–Crippen LogP) is 5.18. The van der Waals surface area contributed by atoms with E-state index >= 15 is 0 Å². The molecular weight excluding hydrogens is 280 g/mol. The van der Waals surface area contributed by atoms with Gasteiger partial charge in [0.05, 0.1) is 5.82 Å². The minimum absolute atomic E-state index is 0.890. The molecule has 0 heterocycles. The fourth-order valence-corrected chi connectivity index (χ4v) is 2.05. The average Bonchev–Trinajstić information content (AvgIpc) is 2.57. The smallest absolute Gasteiger partial charge is 0.0912 e. The fraction of sp³-hybridized carbons (Fsp3) is 0.333. The lowest BCUT2D eigenvalue weighted by molar-refractivity contribution is 0.639. The first kappa shape index (κ1) is 20.8. The molecule has 2 nitrogen and oxygen atoms in total. The van der Waals surface area contributed by atoms with Gasteiger partial charge in [-0.25, -0.2) is 0 Å².